The number of aliphatic hydroxyl groups is 1. The molecule has 5 nitrogen and oxygen atoms in total. The molecule has 0 amide bonds. The summed E-state index contributed by atoms with van der Waals surface area (Å²) in [7, 11) is 1.21. The number of hydrogen-bond acceptors (Lipinski definition) is 5. The standard InChI is InChI=1S/C36H50O5Si/c1-25(2)42(26(3)4,27(5)6)41-35-23-32(37)22-28(35)24-40-36(29-12-10-9-11-13-29,30-14-18-33(38-7)19-15-30)31-16-20-34(39-8)21-17-31/h9-21,25-28,32,35,37H,22-24H2,1-8H3/t28-,32+,35+/m1/s1. The molecule has 228 valence electrons. The molecular formula is C36H50O5Si. The predicted molar refractivity (Wildman–Crippen MR) is 173 cm³/mol. The lowest BCUT2D eigenvalue weighted by molar-refractivity contribution is -0.0283. The minimum absolute atomic E-state index is 0.0425. The molecule has 0 heterocycles. The quantitative estimate of drug-likeness (QED) is 0.160. The first-order chi connectivity index (χ1) is 20.1. The first-order valence-electron chi connectivity index (χ1n) is 15.4. The van der Waals surface area contributed by atoms with Gasteiger partial charge in [-0.2, -0.15) is 0 Å². The molecule has 0 bridgehead atoms. The molecule has 42 heavy (non-hydrogen) atoms. The van der Waals surface area contributed by atoms with Gasteiger partial charge in [0.15, 0.2) is 0 Å². The maximum absolute atomic E-state index is 10.9. The Kier molecular flexibility index (Phi) is 10.6. The van der Waals surface area contributed by atoms with Gasteiger partial charge in [0.2, 0.25) is 8.32 Å². The van der Waals surface area contributed by atoms with E-state index in [-0.39, 0.29) is 12.0 Å². The van der Waals surface area contributed by atoms with E-state index in [0.29, 0.717) is 36.1 Å². The van der Waals surface area contributed by atoms with Crippen LogP contribution in [0.3, 0.4) is 0 Å². The molecule has 3 aromatic carbocycles. The molecule has 0 radical (unpaired) electrons. The molecular weight excluding hydrogens is 540 g/mol. The molecule has 0 saturated heterocycles. The Morgan fingerprint density at radius 1 is 0.690 bits per heavy atom. The molecule has 1 aliphatic carbocycles. The summed E-state index contributed by atoms with van der Waals surface area (Å²) in [6.07, 6.45) is 0.881. The molecule has 6 heteroatoms. The van der Waals surface area contributed by atoms with E-state index < -0.39 is 20.0 Å². The normalized spacial score (nSPS) is 19.6. The highest BCUT2D eigenvalue weighted by molar-refractivity contribution is 6.77. The van der Waals surface area contributed by atoms with Gasteiger partial charge >= 0.3 is 0 Å². The molecule has 4 rings (SSSR count). The lowest BCUT2D eigenvalue weighted by Gasteiger charge is -2.45. The van der Waals surface area contributed by atoms with Crippen molar-refractivity contribution in [2.45, 2.75) is 88.8 Å². The average molecular weight is 591 g/mol. The summed E-state index contributed by atoms with van der Waals surface area (Å²) in [5.74, 6) is 1.66. The second-order valence-corrected chi connectivity index (χ2v) is 18.1. The van der Waals surface area contributed by atoms with Crippen LogP contribution in [0.2, 0.25) is 16.6 Å². The Morgan fingerprint density at radius 2 is 1.14 bits per heavy atom. The van der Waals surface area contributed by atoms with Crippen LogP contribution in [0, 0.1) is 5.92 Å². The third-order valence-corrected chi connectivity index (χ3v) is 15.5. The molecule has 1 saturated carbocycles. The van der Waals surface area contributed by atoms with Crippen molar-refractivity contribution in [2.75, 3.05) is 20.8 Å². The van der Waals surface area contributed by atoms with Crippen molar-refractivity contribution < 1.29 is 23.7 Å². The zero-order chi connectivity index (χ0) is 30.5. The number of methoxy groups -OCH3 is 2. The number of ether oxygens (including phenoxy) is 3. The van der Waals surface area contributed by atoms with Crippen LogP contribution in [-0.4, -0.2) is 46.5 Å². The van der Waals surface area contributed by atoms with Gasteiger partial charge in [-0.05, 0) is 70.4 Å². The zero-order valence-electron chi connectivity index (χ0n) is 26.7. The Balaban J connectivity index is 1.78. The first kappa shape index (κ1) is 32.3. The van der Waals surface area contributed by atoms with Crippen LogP contribution in [-0.2, 0) is 14.8 Å². The van der Waals surface area contributed by atoms with Crippen molar-refractivity contribution in [3.8, 4) is 11.5 Å². The fourth-order valence-corrected chi connectivity index (χ4v) is 13.0. The van der Waals surface area contributed by atoms with Gasteiger partial charge in [-0.3, -0.25) is 0 Å². The SMILES string of the molecule is COc1ccc(C(OC[C@H]2C[C@H](O)C[C@@H]2O[Si](C(C)C)(C(C)C)C(C)C)(c2ccccc2)c2ccc(OC)cc2)cc1. The van der Waals surface area contributed by atoms with E-state index in [2.05, 4.69) is 90.1 Å². The van der Waals surface area contributed by atoms with Crippen LogP contribution in [0.1, 0.15) is 71.1 Å². The van der Waals surface area contributed by atoms with Gasteiger partial charge in [-0.15, -0.1) is 0 Å². The summed E-state index contributed by atoms with van der Waals surface area (Å²) in [5.41, 5.74) is 3.57. The summed E-state index contributed by atoms with van der Waals surface area (Å²) in [5, 5.41) is 10.9. The highest BCUT2D eigenvalue weighted by atomic mass is 28.4. The molecule has 0 spiro atoms. The van der Waals surface area contributed by atoms with Gasteiger partial charge in [-0.1, -0.05) is 96.1 Å². The molecule has 3 aromatic rings. The molecule has 0 aliphatic heterocycles. The maximum atomic E-state index is 10.9. The predicted octanol–water partition coefficient (Wildman–Crippen LogP) is 8.34. The largest absolute Gasteiger partial charge is 0.497 e. The first-order valence-corrected chi connectivity index (χ1v) is 17.6. The van der Waals surface area contributed by atoms with Gasteiger partial charge in [-0.25, -0.2) is 0 Å². The molecule has 0 unspecified atom stereocenters. The topological polar surface area (TPSA) is 57.2 Å². The van der Waals surface area contributed by atoms with E-state index in [1.807, 2.05) is 30.3 Å². The summed E-state index contributed by atoms with van der Waals surface area (Å²) in [6, 6.07) is 26.7. The highest BCUT2D eigenvalue weighted by Gasteiger charge is 2.50. The Morgan fingerprint density at radius 3 is 1.57 bits per heavy atom. The minimum atomic E-state index is -2.15. The van der Waals surface area contributed by atoms with Crippen molar-refractivity contribution in [1.29, 1.82) is 0 Å². The van der Waals surface area contributed by atoms with Crippen LogP contribution < -0.4 is 9.47 Å². The number of hydrogen-bond donors (Lipinski definition) is 1. The summed E-state index contributed by atoms with van der Waals surface area (Å²) in [6.45, 7) is 14.3. The number of rotatable bonds is 13. The van der Waals surface area contributed by atoms with Crippen LogP contribution >= 0.6 is 0 Å². The van der Waals surface area contributed by atoms with Crippen molar-refractivity contribution in [3.05, 3.63) is 95.6 Å². The van der Waals surface area contributed by atoms with Gasteiger partial charge in [0, 0.05) is 5.92 Å². The Hall–Kier alpha value is -2.64. The van der Waals surface area contributed by atoms with E-state index in [1.54, 1.807) is 14.2 Å². The van der Waals surface area contributed by atoms with Gasteiger partial charge in [0.05, 0.1) is 33.0 Å². The van der Waals surface area contributed by atoms with Crippen LogP contribution in [0.15, 0.2) is 78.9 Å². The molecule has 0 aromatic heterocycles. The van der Waals surface area contributed by atoms with Gasteiger partial charge < -0.3 is 23.7 Å². The van der Waals surface area contributed by atoms with Crippen molar-refractivity contribution in [1.82, 2.24) is 0 Å². The monoisotopic (exact) mass is 590 g/mol. The second-order valence-electron chi connectivity index (χ2n) is 12.7. The van der Waals surface area contributed by atoms with Crippen molar-refractivity contribution in [2.24, 2.45) is 5.92 Å². The third-order valence-electron chi connectivity index (χ3n) is 9.35. The van der Waals surface area contributed by atoms with E-state index in [9.17, 15) is 5.11 Å². The van der Waals surface area contributed by atoms with E-state index in [0.717, 1.165) is 28.2 Å². The van der Waals surface area contributed by atoms with Crippen molar-refractivity contribution >= 4 is 8.32 Å². The fraction of sp³-hybridized carbons (Fsp3) is 0.500. The zero-order valence-corrected chi connectivity index (χ0v) is 27.7. The molecule has 1 fully saturated rings. The van der Waals surface area contributed by atoms with Crippen molar-refractivity contribution in [3.63, 3.8) is 0 Å². The van der Waals surface area contributed by atoms with Gasteiger partial charge in [0.1, 0.15) is 17.1 Å². The lowest BCUT2D eigenvalue weighted by atomic mass is 9.80. The second kappa shape index (κ2) is 13.8. The summed E-state index contributed by atoms with van der Waals surface area (Å²) < 4.78 is 25.5. The summed E-state index contributed by atoms with van der Waals surface area (Å²) in [4.78, 5) is 0. The highest BCUT2D eigenvalue weighted by Crippen LogP contribution is 2.47. The Bertz CT molecular complexity index is 1170. The number of aliphatic hydroxyl groups excluding tert-OH is 1. The lowest BCUT2D eigenvalue weighted by Crippen LogP contribution is -2.51. The van der Waals surface area contributed by atoms with E-state index in [4.69, 9.17) is 18.6 Å². The fourth-order valence-electron chi connectivity index (χ4n) is 7.35. The number of benzene rings is 3. The smallest absolute Gasteiger partial charge is 0.200 e. The van der Waals surface area contributed by atoms with Crippen LogP contribution in [0.25, 0.3) is 0 Å². The van der Waals surface area contributed by atoms with Gasteiger partial charge in [0.25, 0.3) is 0 Å². The van der Waals surface area contributed by atoms with Crippen LogP contribution in [0.4, 0.5) is 0 Å². The molecule has 1 N–H and O–H groups in total. The van der Waals surface area contributed by atoms with E-state index >= 15 is 0 Å². The molecule has 3 atom stereocenters. The van der Waals surface area contributed by atoms with Crippen LogP contribution in [0.5, 0.6) is 11.5 Å². The molecule has 1 aliphatic rings. The van der Waals surface area contributed by atoms with E-state index in [1.165, 1.54) is 0 Å². The average Bonchev–Trinajstić information content (AvgIpc) is 3.35. The maximum Gasteiger partial charge on any atom is 0.200 e. The Labute approximate surface area is 254 Å². The summed E-state index contributed by atoms with van der Waals surface area (Å²) >= 11 is 0. The third kappa shape index (κ3) is 6.33. The minimum Gasteiger partial charge on any atom is -0.497 e.